The third-order valence-corrected chi connectivity index (χ3v) is 2.87. The number of carbonyl (C=O) groups excluding carboxylic acids is 1. The molecule has 2 rings (SSSR count). The lowest BCUT2D eigenvalue weighted by atomic mass is 10.00. The zero-order chi connectivity index (χ0) is 12.4. The van der Waals surface area contributed by atoms with E-state index in [0.717, 1.165) is 11.3 Å². The number of nitrogens with two attached hydrogens (primary N) is 1. The quantitative estimate of drug-likeness (QED) is 0.688. The van der Waals surface area contributed by atoms with Crippen molar-refractivity contribution in [1.82, 2.24) is 0 Å². The molecular formula is C12H14N2O3. The SMILES string of the molecule is NC1Cc2ccccc2N[C@@H](CC(=O)O)C1=O. The minimum atomic E-state index is -1.01. The van der Waals surface area contributed by atoms with E-state index in [-0.39, 0.29) is 12.2 Å². The van der Waals surface area contributed by atoms with Crippen molar-refractivity contribution in [3.63, 3.8) is 0 Å². The van der Waals surface area contributed by atoms with Crippen molar-refractivity contribution < 1.29 is 14.7 Å². The number of ketones is 1. The molecule has 0 spiro atoms. The molecule has 4 N–H and O–H groups in total. The number of hydrogen-bond acceptors (Lipinski definition) is 4. The lowest BCUT2D eigenvalue weighted by molar-refractivity contribution is -0.139. The molecule has 2 atom stereocenters. The predicted molar refractivity (Wildman–Crippen MR) is 62.8 cm³/mol. The minimum absolute atomic E-state index is 0.247. The molecule has 1 aliphatic heterocycles. The van der Waals surface area contributed by atoms with Crippen LogP contribution in [0.1, 0.15) is 12.0 Å². The van der Waals surface area contributed by atoms with E-state index in [2.05, 4.69) is 5.32 Å². The Bertz CT molecular complexity index is 459. The maximum atomic E-state index is 11.9. The van der Waals surface area contributed by atoms with E-state index < -0.39 is 18.1 Å². The fraction of sp³-hybridized carbons (Fsp3) is 0.333. The van der Waals surface area contributed by atoms with Crippen molar-refractivity contribution >= 4 is 17.4 Å². The highest BCUT2D eigenvalue weighted by Crippen LogP contribution is 2.22. The lowest BCUT2D eigenvalue weighted by Crippen LogP contribution is -2.42. The van der Waals surface area contributed by atoms with Crippen molar-refractivity contribution in [3.8, 4) is 0 Å². The van der Waals surface area contributed by atoms with E-state index in [9.17, 15) is 9.59 Å². The van der Waals surface area contributed by atoms with Crippen LogP contribution in [0.15, 0.2) is 24.3 Å². The Morgan fingerprint density at radius 2 is 2.18 bits per heavy atom. The van der Waals surface area contributed by atoms with Crippen molar-refractivity contribution in [1.29, 1.82) is 0 Å². The first-order valence-corrected chi connectivity index (χ1v) is 5.43. The third-order valence-electron chi connectivity index (χ3n) is 2.87. The lowest BCUT2D eigenvalue weighted by Gasteiger charge is -2.16. The van der Waals surface area contributed by atoms with Gasteiger partial charge in [-0.3, -0.25) is 9.59 Å². The highest BCUT2D eigenvalue weighted by molar-refractivity contribution is 5.95. The van der Waals surface area contributed by atoms with Gasteiger partial charge in [-0.1, -0.05) is 18.2 Å². The van der Waals surface area contributed by atoms with Gasteiger partial charge in [-0.2, -0.15) is 0 Å². The van der Waals surface area contributed by atoms with Crippen LogP contribution >= 0.6 is 0 Å². The Hall–Kier alpha value is -1.88. The summed E-state index contributed by atoms with van der Waals surface area (Å²) in [6, 6.07) is 6.04. The molecule has 0 bridgehead atoms. The molecule has 1 aliphatic rings. The Morgan fingerprint density at radius 1 is 1.47 bits per heavy atom. The summed E-state index contributed by atoms with van der Waals surface area (Å²) in [5.74, 6) is -1.26. The van der Waals surface area contributed by atoms with Crippen LogP contribution < -0.4 is 11.1 Å². The predicted octanol–water partition coefficient (Wildman–Crippen LogP) is 0.394. The van der Waals surface area contributed by atoms with Crippen molar-refractivity contribution in [3.05, 3.63) is 29.8 Å². The number of carboxylic acids is 1. The van der Waals surface area contributed by atoms with Crippen molar-refractivity contribution in [2.45, 2.75) is 24.9 Å². The number of carboxylic acid groups (broad SMARTS) is 1. The van der Waals surface area contributed by atoms with E-state index in [0.29, 0.717) is 6.42 Å². The number of benzene rings is 1. The summed E-state index contributed by atoms with van der Waals surface area (Å²) < 4.78 is 0. The molecule has 0 aliphatic carbocycles. The average Bonchev–Trinajstić information content (AvgIpc) is 2.38. The molecule has 1 heterocycles. The Morgan fingerprint density at radius 3 is 2.88 bits per heavy atom. The van der Waals surface area contributed by atoms with Crippen LogP contribution in [0, 0.1) is 0 Å². The number of Topliss-reactive ketones (excluding diaryl/α,β-unsaturated/α-hetero) is 1. The molecule has 0 saturated carbocycles. The normalized spacial score (nSPS) is 23.5. The summed E-state index contributed by atoms with van der Waals surface area (Å²) in [4.78, 5) is 22.6. The molecule has 17 heavy (non-hydrogen) atoms. The molecule has 0 amide bonds. The van der Waals surface area contributed by atoms with Gasteiger partial charge >= 0.3 is 5.97 Å². The maximum absolute atomic E-state index is 11.9. The molecule has 5 heteroatoms. The summed E-state index contributed by atoms with van der Waals surface area (Å²) >= 11 is 0. The van der Waals surface area contributed by atoms with Crippen LogP contribution in [-0.4, -0.2) is 28.9 Å². The van der Waals surface area contributed by atoms with Crippen LogP contribution in [0.5, 0.6) is 0 Å². The summed E-state index contributed by atoms with van der Waals surface area (Å²) in [5.41, 5.74) is 7.51. The summed E-state index contributed by atoms with van der Waals surface area (Å²) in [6.07, 6.45) is 0.193. The first-order chi connectivity index (χ1) is 8.08. The first kappa shape index (κ1) is 11.6. The van der Waals surface area contributed by atoms with Crippen LogP contribution in [0.25, 0.3) is 0 Å². The second kappa shape index (κ2) is 4.55. The number of carbonyl (C=O) groups is 2. The van der Waals surface area contributed by atoms with Crippen LogP contribution in [0.4, 0.5) is 5.69 Å². The summed E-state index contributed by atoms with van der Waals surface area (Å²) in [7, 11) is 0. The zero-order valence-corrected chi connectivity index (χ0v) is 9.22. The van der Waals surface area contributed by atoms with Gasteiger partial charge in [0.15, 0.2) is 5.78 Å². The second-order valence-electron chi connectivity index (χ2n) is 4.16. The summed E-state index contributed by atoms with van der Waals surface area (Å²) in [6.45, 7) is 0. The van der Waals surface area contributed by atoms with Gasteiger partial charge in [0, 0.05) is 5.69 Å². The molecule has 1 aromatic carbocycles. The number of para-hydroxylation sites is 1. The fourth-order valence-electron chi connectivity index (χ4n) is 2.02. The number of rotatable bonds is 2. The van der Waals surface area contributed by atoms with E-state index >= 15 is 0 Å². The number of anilines is 1. The van der Waals surface area contributed by atoms with E-state index in [1.54, 1.807) is 0 Å². The Balaban J connectivity index is 2.31. The highest BCUT2D eigenvalue weighted by atomic mass is 16.4. The highest BCUT2D eigenvalue weighted by Gasteiger charge is 2.30. The molecule has 90 valence electrons. The Labute approximate surface area is 98.6 Å². The number of hydrogen-bond donors (Lipinski definition) is 3. The van der Waals surface area contributed by atoms with Crippen molar-refractivity contribution in [2.75, 3.05) is 5.32 Å². The van der Waals surface area contributed by atoms with Gasteiger partial charge in [-0.15, -0.1) is 0 Å². The van der Waals surface area contributed by atoms with Gasteiger partial charge in [0.2, 0.25) is 0 Å². The maximum Gasteiger partial charge on any atom is 0.305 e. The largest absolute Gasteiger partial charge is 0.481 e. The second-order valence-corrected chi connectivity index (χ2v) is 4.16. The molecule has 0 radical (unpaired) electrons. The minimum Gasteiger partial charge on any atom is -0.481 e. The number of aliphatic carboxylic acids is 1. The molecular weight excluding hydrogens is 220 g/mol. The molecule has 0 aromatic heterocycles. The van der Waals surface area contributed by atoms with Gasteiger partial charge in [-0.05, 0) is 18.1 Å². The molecule has 0 fully saturated rings. The monoisotopic (exact) mass is 234 g/mol. The smallest absolute Gasteiger partial charge is 0.305 e. The topological polar surface area (TPSA) is 92.4 Å². The van der Waals surface area contributed by atoms with Crippen LogP contribution in [0.3, 0.4) is 0 Å². The van der Waals surface area contributed by atoms with Gasteiger partial charge in [0.1, 0.15) is 0 Å². The van der Waals surface area contributed by atoms with E-state index in [4.69, 9.17) is 10.8 Å². The fourth-order valence-corrected chi connectivity index (χ4v) is 2.02. The van der Waals surface area contributed by atoms with Gasteiger partial charge in [-0.25, -0.2) is 0 Å². The number of fused-ring (bicyclic) bond motifs is 1. The van der Waals surface area contributed by atoms with E-state index in [1.807, 2.05) is 24.3 Å². The van der Waals surface area contributed by atoms with Crippen molar-refractivity contribution in [2.24, 2.45) is 5.73 Å². The third kappa shape index (κ3) is 2.45. The van der Waals surface area contributed by atoms with Gasteiger partial charge < -0.3 is 16.2 Å². The standard InChI is InChI=1S/C12H14N2O3/c13-8-5-7-3-1-2-4-9(7)14-10(12(8)17)6-11(15)16/h1-4,8,10,14H,5-6,13H2,(H,15,16)/t8?,10-/m0/s1. The van der Waals surface area contributed by atoms with Gasteiger partial charge in [0.25, 0.3) is 0 Å². The molecule has 1 aromatic rings. The van der Waals surface area contributed by atoms with Gasteiger partial charge in [0.05, 0.1) is 18.5 Å². The van der Waals surface area contributed by atoms with E-state index in [1.165, 1.54) is 0 Å². The summed E-state index contributed by atoms with van der Waals surface area (Å²) in [5, 5.41) is 11.7. The van der Waals surface area contributed by atoms with Crippen LogP contribution in [-0.2, 0) is 16.0 Å². The Kier molecular flexibility index (Phi) is 3.10. The first-order valence-electron chi connectivity index (χ1n) is 5.43. The van der Waals surface area contributed by atoms with Crippen LogP contribution in [0.2, 0.25) is 0 Å². The molecule has 5 nitrogen and oxygen atoms in total. The molecule has 0 saturated heterocycles. The number of nitrogens with one attached hydrogen (secondary N) is 1. The zero-order valence-electron chi connectivity index (χ0n) is 9.22. The molecule has 1 unspecified atom stereocenters. The average molecular weight is 234 g/mol.